The fraction of sp³-hybridized carbons (Fsp3) is 0.231. The highest BCUT2D eigenvalue weighted by atomic mass is 35.5. The Kier molecular flexibility index (Phi) is 4.81. The molecule has 1 N–H and O–H groups in total. The van der Waals surface area contributed by atoms with E-state index < -0.39 is 0 Å². The number of hydrogen-bond acceptors (Lipinski definition) is 6. The number of hydrogen-bond donors (Lipinski definition) is 1. The minimum absolute atomic E-state index is 0.153. The first-order valence-corrected chi connectivity index (χ1v) is 7.00. The fourth-order valence-corrected chi connectivity index (χ4v) is 2.40. The smallest absolute Gasteiger partial charge is 0.311 e. The summed E-state index contributed by atoms with van der Waals surface area (Å²) in [6.45, 7) is 0. The van der Waals surface area contributed by atoms with Crippen LogP contribution in [0.15, 0.2) is 23.6 Å². The van der Waals surface area contributed by atoms with Gasteiger partial charge in [-0.05, 0) is 12.1 Å². The molecule has 106 valence electrons. The van der Waals surface area contributed by atoms with Crippen molar-refractivity contribution in [1.82, 2.24) is 4.98 Å². The first-order chi connectivity index (χ1) is 9.62. The van der Waals surface area contributed by atoms with Crippen molar-refractivity contribution in [1.29, 1.82) is 0 Å². The van der Waals surface area contributed by atoms with Crippen LogP contribution in [0.1, 0.15) is 5.69 Å². The number of halogens is 1. The van der Waals surface area contributed by atoms with Crippen molar-refractivity contribution in [2.45, 2.75) is 6.42 Å². The average molecular weight is 313 g/mol. The van der Waals surface area contributed by atoms with Gasteiger partial charge in [-0.15, -0.1) is 11.3 Å². The van der Waals surface area contributed by atoms with Crippen molar-refractivity contribution < 1.29 is 14.3 Å². The van der Waals surface area contributed by atoms with Crippen LogP contribution in [0.25, 0.3) is 0 Å². The van der Waals surface area contributed by atoms with Crippen LogP contribution in [0.3, 0.4) is 0 Å². The van der Waals surface area contributed by atoms with Gasteiger partial charge in [0.1, 0.15) is 5.75 Å². The molecule has 5 nitrogen and oxygen atoms in total. The zero-order chi connectivity index (χ0) is 14.5. The minimum atomic E-state index is -0.318. The second-order valence-corrected chi connectivity index (χ2v) is 5.13. The SMILES string of the molecule is COC(=O)Cc1csc(Nc2cc(OC)ccc2Cl)n1. The molecule has 0 saturated heterocycles. The third kappa shape index (κ3) is 3.61. The van der Waals surface area contributed by atoms with Crippen LogP contribution in [-0.4, -0.2) is 25.2 Å². The van der Waals surface area contributed by atoms with Crippen LogP contribution < -0.4 is 10.1 Å². The van der Waals surface area contributed by atoms with Gasteiger partial charge in [-0.2, -0.15) is 0 Å². The first kappa shape index (κ1) is 14.6. The van der Waals surface area contributed by atoms with Crippen LogP contribution in [-0.2, 0) is 16.0 Å². The third-order valence-electron chi connectivity index (χ3n) is 2.52. The number of aromatic nitrogens is 1. The van der Waals surface area contributed by atoms with Gasteiger partial charge in [0.15, 0.2) is 5.13 Å². The molecule has 7 heteroatoms. The summed E-state index contributed by atoms with van der Waals surface area (Å²) in [5.41, 5.74) is 1.35. The Morgan fingerprint density at radius 2 is 2.25 bits per heavy atom. The highest BCUT2D eigenvalue weighted by Gasteiger charge is 2.09. The molecule has 0 saturated carbocycles. The number of esters is 1. The molecule has 1 aromatic carbocycles. The third-order valence-corrected chi connectivity index (χ3v) is 3.66. The lowest BCUT2D eigenvalue weighted by molar-refractivity contribution is -0.139. The molecule has 0 aliphatic carbocycles. The maximum Gasteiger partial charge on any atom is 0.311 e. The molecule has 0 fully saturated rings. The molecule has 2 rings (SSSR count). The number of anilines is 2. The molecule has 0 spiro atoms. The van der Waals surface area contributed by atoms with E-state index in [0.717, 1.165) is 0 Å². The van der Waals surface area contributed by atoms with Gasteiger partial charge in [0.25, 0.3) is 0 Å². The zero-order valence-electron chi connectivity index (χ0n) is 11.0. The summed E-state index contributed by atoms with van der Waals surface area (Å²) in [7, 11) is 2.94. The van der Waals surface area contributed by atoms with Gasteiger partial charge in [-0.3, -0.25) is 4.79 Å². The number of thiazole rings is 1. The second kappa shape index (κ2) is 6.58. The maximum atomic E-state index is 11.2. The van der Waals surface area contributed by atoms with E-state index in [0.29, 0.717) is 27.3 Å². The predicted octanol–water partition coefficient (Wildman–Crippen LogP) is 3.26. The number of carbonyl (C=O) groups is 1. The van der Waals surface area contributed by atoms with Crippen molar-refractivity contribution in [3.8, 4) is 5.75 Å². The number of nitrogens with one attached hydrogen (secondary N) is 1. The van der Waals surface area contributed by atoms with Gasteiger partial charge < -0.3 is 14.8 Å². The van der Waals surface area contributed by atoms with Crippen molar-refractivity contribution >= 4 is 39.7 Å². The van der Waals surface area contributed by atoms with E-state index in [-0.39, 0.29) is 12.4 Å². The summed E-state index contributed by atoms with van der Waals surface area (Å²) >= 11 is 7.49. The second-order valence-electron chi connectivity index (χ2n) is 3.87. The topological polar surface area (TPSA) is 60.5 Å². The molecule has 1 heterocycles. The summed E-state index contributed by atoms with van der Waals surface area (Å²) in [4.78, 5) is 15.5. The Labute approximate surface area is 125 Å². The molecule has 0 radical (unpaired) electrons. The minimum Gasteiger partial charge on any atom is -0.497 e. The normalized spacial score (nSPS) is 10.2. The van der Waals surface area contributed by atoms with Gasteiger partial charge in [0.2, 0.25) is 0 Å². The molecule has 0 atom stereocenters. The Morgan fingerprint density at radius 1 is 1.45 bits per heavy atom. The summed E-state index contributed by atoms with van der Waals surface area (Å²) < 4.78 is 9.74. The van der Waals surface area contributed by atoms with E-state index >= 15 is 0 Å². The van der Waals surface area contributed by atoms with Gasteiger partial charge in [0, 0.05) is 11.4 Å². The predicted molar refractivity (Wildman–Crippen MR) is 79.1 cm³/mol. The molecular weight excluding hydrogens is 300 g/mol. The molecule has 0 bridgehead atoms. The quantitative estimate of drug-likeness (QED) is 0.859. The summed E-state index contributed by atoms with van der Waals surface area (Å²) in [5, 5.41) is 6.12. The van der Waals surface area contributed by atoms with Crippen molar-refractivity contribution in [2.24, 2.45) is 0 Å². The number of benzene rings is 1. The molecule has 0 aliphatic heterocycles. The zero-order valence-corrected chi connectivity index (χ0v) is 12.5. The molecule has 0 unspecified atom stereocenters. The van der Waals surface area contributed by atoms with E-state index in [1.807, 2.05) is 0 Å². The Balaban J connectivity index is 2.12. The van der Waals surface area contributed by atoms with E-state index in [2.05, 4.69) is 15.0 Å². The van der Waals surface area contributed by atoms with E-state index in [1.54, 1.807) is 30.7 Å². The van der Waals surface area contributed by atoms with Crippen molar-refractivity contribution in [2.75, 3.05) is 19.5 Å². The van der Waals surface area contributed by atoms with Crippen molar-refractivity contribution in [3.63, 3.8) is 0 Å². The maximum absolute atomic E-state index is 11.2. The average Bonchev–Trinajstić information content (AvgIpc) is 2.88. The lowest BCUT2D eigenvalue weighted by Crippen LogP contribution is -2.04. The molecule has 0 amide bonds. The van der Waals surface area contributed by atoms with E-state index in [9.17, 15) is 4.79 Å². The van der Waals surface area contributed by atoms with Crippen LogP contribution in [0.4, 0.5) is 10.8 Å². The van der Waals surface area contributed by atoms with Crippen LogP contribution in [0.2, 0.25) is 5.02 Å². The molecule has 1 aromatic heterocycles. The monoisotopic (exact) mass is 312 g/mol. The van der Waals surface area contributed by atoms with E-state index in [1.165, 1.54) is 18.4 Å². The highest BCUT2D eigenvalue weighted by Crippen LogP contribution is 2.30. The Morgan fingerprint density at radius 3 is 2.95 bits per heavy atom. The molecule has 20 heavy (non-hydrogen) atoms. The number of carbonyl (C=O) groups excluding carboxylic acids is 1. The summed E-state index contributed by atoms with van der Waals surface area (Å²) in [6.07, 6.45) is 0.153. The van der Waals surface area contributed by atoms with Gasteiger partial charge in [-0.1, -0.05) is 11.6 Å². The standard InChI is InChI=1S/C13H13ClN2O3S/c1-18-9-3-4-10(14)11(6-9)16-13-15-8(7-20-13)5-12(17)19-2/h3-4,6-7H,5H2,1-2H3,(H,15,16). The summed E-state index contributed by atoms with van der Waals surface area (Å²) in [6, 6.07) is 5.30. The lowest BCUT2D eigenvalue weighted by Gasteiger charge is -2.07. The van der Waals surface area contributed by atoms with Crippen molar-refractivity contribution in [3.05, 3.63) is 34.3 Å². The Bertz CT molecular complexity index is 615. The van der Waals surface area contributed by atoms with Gasteiger partial charge in [-0.25, -0.2) is 4.98 Å². The molecular formula is C13H13ClN2O3S. The van der Waals surface area contributed by atoms with Gasteiger partial charge >= 0.3 is 5.97 Å². The summed E-state index contributed by atoms with van der Waals surface area (Å²) in [5.74, 6) is 0.379. The first-order valence-electron chi connectivity index (χ1n) is 5.74. The Hall–Kier alpha value is -1.79. The highest BCUT2D eigenvalue weighted by molar-refractivity contribution is 7.13. The number of methoxy groups -OCH3 is 2. The fourth-order valence-electron chi connectivity index (χ4n) is 1.51. The van der Waals surface area contributed by atoms with Gasteiger partial charge in [0.05, 0.1) is 37.0 Å². The van der Waals surface area contributed by atoms with Crippen LogP contribution in [0.5, 0.6) is 5.75 Å². The lowest BCUT2D eigenvalue weighted by atomic mass is 10.3. The van der Waals surface area contributed by atoms with E-state index in [4.69, 9.17) is 16.3 Å². The largest absolute Gasteiger partial charge is 0.497 e. The number of nitrogens with zero attached hydrogens (tertiary/aromatic N) is 1. The number of rotatable bonds is 5. The molecule has 2 aromatic rings. The van der Waals surface area contributed by atoms with Crippen LogP contribution >= 0.6 is 22.9 Å². The number of ether oxygens (including phenoxy) is 2. The van der Waals surface area contributed by atoms with Crippen LogP contribution in [0, 0.1) is 0 Å². The molecule has 0 aliphatic rings.